The Balaban J connectivity index is 1.59. The standard InChI is InChI=1S/C26H25N5O/c1-30(2)15-7-17-32-19-10-11-20-21(12-14-28-23(20)18-19)25-24-9-4-6-16-31(24)29-26(25)22-8-3-5-13-27-22/h3-6,8-14,16,18H,7,15,17H2,1-2H3. The molecule has 5 rings (SSSR count). The van der Waals surface area contributed by atoms with Crippen molar-refractivity contribution in [2.24, 2.45) is 0 Å². The largest absolute Gasteiger partial charge is 0.493 e. The van der Waals surface area contributed by atoms with Crippen molar-refractivity contribution in [3.63, 3.8) is 0 Å². The lowest BCUT2D eigenvalue weighted by Crippen LogP contribution is -2.15. The Morgan fingerprint density at radius 2 is 1.84 bits per heavy atom. The third-order valence-corrected chi connectivity index (χ3v) is 5.45. The molecule has 160 valence electrons. The van der Waals surface area contributed by atoms with E-state index >= 15 is 0 Å². The van der Waals surface area contributed by atoms with E-state index in [4.69, 9.17) is 9.84 Å². The molecule has 1 aromatic carbocycles. The summed E-state index contributed by atoms with van der Waals surface area (Å²) in [6, 6.07) is 20.2. The monoisotopic (exact) mass is 423 g/mol. The maximum absolute atomic E-state index is 5.97. The zero-order valence-corrected chi connectivity index (χ0v) is 18.3. The number of aromatic nitrogens is 4. The summed E-state index contributed by atoms with van der Waals surface area (Å²) in [6.07, 6.45) is 6.60. The van der Waals surface area contributed by atoms with Crippen LogP contribution in [0.2, 0.25) is 0 Å². The highest BCUT2D eigenvalue weighted by Gasteiger charge is 2.19. The zero-order valence-electron chi connectivity index (χ0n) is 18.3. The predicted octanol–water partition coefficient (Wildman–Crippen LogP) is 4.94. The van der Waals surface area contributed by atoms with Gasteiger partial charge in [0.2, 0.25) is 0 Å². The normalized spacial score (nSPS) is 11.5. The Morgan fingerprint density at radius 1 is 0.938 bits per heavy atom. The number of nitrogens with zero attached hydrogens (tertiary/aromatic N) is 5. The number of hydrogen-bond acceptors (Lipinski definition) is 5. The van der Waals surface area contributed by atoms with Crippen LogP contribution >= 0.6 is 0 Å². The third-order valence-electron chi connectivity index (χ3n) is 5.45. The summed E-state index contributed by atoms with van der Waals surface area (Å²) in [5.74, 6) is 0.839. The molecule has 0 atom stereocenters. The van der Waals surface area contributed by atoms with E-state index in [1.165, 1.54) is 0 Å². The molecule has 0 bridgehead atoms. The van der Waals surface area contributed by atoms with Crippen molar-refractivity contribution in [2.45, 2.75) is 6.42 Å². The van der Waals surface area contributed by atoms with Gasteiger partial charge >= 0.3 is 0 Å². The third kappa shape index (κ3) is 3.92. The number of hydrogen-bond donors (Lipinski definition) is 0. The second-order valence-electron chi connectivity index (χ2n) is 8.01. The van der Waals surface area contributed by atoms with Crippen molar-refractivity contribution in [1.82, 2.24) is 24.5 Å². The molecule has 0 aliphatic rings. The molecule has 4 aromatic heterocycles. The fourth-order valence-electron chi connectivity index (χ4n) is 3.95. The van der Waals surface area contributed by atoms with E-state index in [2.05, 4.69) is 47.2 Å². The molecule has 0 unspecified atom stereocenters. The highest BCUT2D eigenvalue weighted by molar-refractivity contribution is 6.03. The average molecular weight is 424 g/mol. The van der Waals surface area contributed by atoms with Crippen LogP contribution in [0.15, 0.2) is 79.3 Å². The van der Waals surface area contributed by atoms with Crippen LogP contribution in [0.1, 0.15) is 6.42 Å². The van der Waals surface area contributed by atoms with E-state index in [0.29, 0.717) is 6.61 Å². The average Bonchev–Trinajstić information content (AvgIpc) is 3.21. The van der Waals surface area contributed by atoms with Gasteiger partial charge in [-0.2, -0.15) is 5.10 Å². The smallest absolute Gasteiger partial charge is 0.121 e. The first-order chi connectivity index (χ1) is 15.7. The van der Waals surface area contributed by atoms with Crippen LogP contribution in [0, 0.1) is 0 Å². The minimum Gasteiger partial charge on any atom is -0.493 e. The fourth-order valence-corrected chi connectivity index (χ4v) is 3.95. The molecular formula is C26H25N5O. The van der Waals surface area contributed by atoms with Crippen molar-refractivity contribution >= 4 is 16.4 Å². The number of fused-ring (bicyclic) bond motifs is 2. The molecule has 0 N–H and O–H groups in total. The summed E-state index contributed by atoms with van der Waals surface area (Å²) in [4.78, 5) is 11.3. The minimum absolute atomic E-state index is 0.682. The van der Waals surface area contributed by atoms with E-state index in [0.717, 1.165) is 57.6 Å². The zero-order chi connectivity index (χ0) is 21.9. The molecule has 0 aliphatic heterocycles. The van der Waals surface area contributed by atoms with E-state index < -0.39 is 0 Å². The topological polar surface area (TPSA) is 55.5 Å². The lowest BCUT2D eigenvalue weighted by molar-refractivity contribution is 0.282. The molecule has 32 heavy (non-hydrogen) atoms. The highest BCUT2D eigenvalue weighted by atomic mass is 16.5. The maximum Gasteiger partial charge on any atom is 0.121 e. The molecule has 0 fully saturated rings. The Kier molecular flexibility index (Phi) is 5.52. The number of benzene rings is 1. The Labute approximate surface area is 187 Å². The molecule has 6 nitrogen and oxygen atoms in total. The van der Waals surface area contributed by atoms with Gasteiger partial charge in [0.05, 0.1) is 23.3 Å². The molecule has 4 heterocycles. The molecule has 0 saturated carbocycles. The van der Waals surface area contributed by atoms with Gasteiger partial charge in [0, 0.05) is 42.2 Å². The van der Waals surface area contributed by atoms with Crippen LogP contribution in [-0.2, 0) is 0 Å². The van der Waals surface area contributed by atoms with E-state index in [9.17, 15) is 0 Å². The molecule has 0 saturated heterocycles. The van der Waals surface area contributed by atoms with Crippen molar-refractivity contribution in [3.05, 3.63) is 79.3 Å². The molecule has 5 aromatic rings. The van der Waals surface area contributed by atoms with Crippen LogP contribution in [0.4, 0.5) is 0 Å². The summed E-state index contributed by atoms with van der Waals surface area (Å²) >= 11 is 0. The Hall–Kier alpha value is -3.77. The van der Waals surface area contributed by atoms with E-state index in [1.54, 1.807) is 6.20 Å². The lowest BCUT2D eigenvalue weighted by Gasteiger charge is -2.12. The summed E-state index contributed by atoms with van der Waals surface area (Å²) < 4.78 is 7.88. The van der Waals surface area contributed by atoms with Gasteiger partial charge in [-0.25, -0.2) is 4.52 Å². The summed E-state index contributed by atoms with van der Waals surface area (Å²) in [5, 5.41) is 5.91. The van der Waals surface area contributed by atoms with Crippen LogP contribution in [0.3, 0.4) is 0 Å². The molecular weight excluding hydrogens is 398 g/mol. The van der Waals surface area contributed by atoms with E-state index in [1.807, 2.05) is 59.4 Å². The van der Waals surface area contributed by atoms with E-state index in [-0.39, 0.29) is 0 Å². The second kappa shape index (κ2) is 8.77. The number of ether oxygens (including phenoxy) is 1. The van der Waals surface area contributed by atoms with Crippen LogP contribution in [0.5, 0.6) is 5.75 Å². The Morgan fingerprint density at radius 3 is 2.69 bits per heavy atom. The first-order valence-corrected chi connectivity index (χ1v) is 10.8. The summed E-state index contributed by atoms with van der Waals surface area (Å²) in [6.45, 7) is 1.68. The number of rotatable bonds is 7. The Bertz CT molecular complexity index is 1360. The van der Waals surface area contributed by atoms with Crippen molar-refractivity contribution in [3.8, 4) is 28.3 Å². The van der Waals surface area contributed by atoms with Gasteiger partial charge in [-0.05, 0) is 68.5 Å². The second-order valence-corrected chi connectivity index (χ2v) is 8.01. The first-order valence-electron chi connectivity index (χ1n) is 10.8. The van der Waals surface area contributed by atoms with Gasteiger partial charge < -0.3 is 9.64 Å². The maximum atomic E-state index is 5.97. The quantitative estimate of drug-likeness (QED) is 0.347. The van der Waals surface area contributed by atoms with Crippen LogP contribution < -0.4 is 4.74 Å². The predicted molar refractivity (Wildman–Crippen MR) is 128 cm³/mol. The van der Waals surface area contributed by atoms with Gasteiger partial charge in [-0.1, -0.05) is 12.1 Å². The molecule has 0 radical (unpaired) electrons. The van der Waals surface area contributed by atoms with Crippen molar-refractivity contribution < 1.29 is 4.74 Å². The molecule has 0 spiro atoms. The first kappa shape index (κ1) is 20.2. The van der Waals surface area contributed by atoms with Gasteiger partial charge in [0.1, 0.15) is 11.4 Å². The van der Waals surface area contributed by atoms with Crippen molar-refractivity contribution in [2.75, 3.05) is 27.2 Å². The molecule has 6 heteroatoms. The van der Waals surface area contributed by atoms with Gasteiger partial charge in [-0.3, -0.25) is 9.97 Å². The lowest BCUT2D eigenvalue weighted by atomic mass is 9.98. The van der Waals surface area contributed by atoms with Gasteiger partial charge in [0.25, 0.3) is 0 Å². The SMILES string of the molecule is CN(C)CCCOc1ccc2c(-c3c(-c4ccccn4)nn4ccccc34)ccnc2c1. The fraction of sp³-hybridized carbons (Fsp3) is 0.192. The summed E-state index contributed by atoms with van der Waals surface area (Å²) in [7, 11) is 4.14. The van der Waals surface area contributed by atoms with Crippen LogP contribution in [-0.4, -0.2) is 51.7 Å². The van der Waals surface area contributed by atoms with Crippen LogP contribution in [0.25, 0.3) is 38.9 Å². The van der Waals surface area contributed by atoms with Gasteiger partial charge in [-0.15, -0.1) is 0 Å². The van der Waals surface area contributed by atoms with Gasteiger partial charge in [0.15, 0.2) is 0 Å². The highest BCUT2D eigenvalue weighted by Crippen LogP contribution is 2.38. The number of pyridine rings is 3. The molecule has 0 aliphatic carbocycles. The summed E-state index contributed by atoms with van der Waals surface area (Å²) in [5.41, 5.74) is 5.76. The van der Waals surface area contributed by atoms with Crippen molar-refractivity contribution in [1.29, 1.82) is 0 Å². The minimum atomic E-state index is 0.682. The molecule has 0 amide bonds.